The second-order valence-electron chi connectivity index (χ2n) is 5.45. The number of hydrogen-bond donors (Lipinski definition) is 0. The van der Waals surface area contributed by atoms with E-state index in [1.165, 1.54) is 12.2 Å². The Bertz CT molecular complexity index is 492. The molecular formula is C16H28ClNO2S. The Kier molecular flexibility index (Phi) is 9.18. The molecule has 5 heteroatoms. The van der Waals surface area contributed by atoms with E-state index in [4.69, 9.17) is 11.6 Å². The van der Waals surface area contributed by atoms with Gasteiger partial charge in [0.1, 0.15) is 0 Å². The summed E-state index contributed by atoms with van der Waals surface area (Å²) in [4.78, 5) is 0.291. The Morgan fingerprint density at radius 1 is 1.29 bits per heavy atom. The maximum Gasteiger partial charge on any atom is 0.239 e. The summed E-state index contributed by atoms with van der Waals surface area (Å²) in [5.74, 6) is 0. The van der Waals surface area contributed by atoms with Crippen LogP contribution in [0.3, 0.4) is 0 Å². The summed E-state index contributed by atoms with van der Waals surface area (Å²) in [6, 6.07) is -0.0961. The number of halogens is 1. The average molecular weight is 334 g/mol. The Morgan fingerprint density at radius 3 is 2.29 bits per heavy atom. The van der Waals surface area contributed by atoms with E-state index in [1.807, 2.05) is 20.8 Å². The summed E-state index contributed by atoms with van der Waals surface area (Å²) in [6.45, 7) is 13.0. The van der Waals surface area contributed by atoms with Crippen molar-refractivity contribution in [3.63, 3.8) is 0 Å². The molecule has 1 atom stereocenters. The molecule has 0 saturated heterocycles. The van der Waals surface area contributed by atoms with Gasteiger partial charge in [-0.15, -0.1) is 0 Å². The van der Waals surface area contributed by atoms with E-state index in [1.54, 1.807) is 17.3 Å². The molecule has 0 rings (SSSR count). The molecule has 0 aromatic heterocycles. The van der Waals surface area contributed by atoms with Crippen LogP contribution >= 0.6 is 11.6 Å². The van der Waals surface area contributed by atoms with E-state index in [0.717, 1.165) is 19.3 Å². The number of unbranched alkanes of at least 4 members (excludes halogenated alkanes) is 1. The van der Waals surface area contributed by atoms with Gasteiger partial charge >= 0.3 is 0 Å². The van der Waals surface area contributed by atoms with Gasteiger partial charge in [-0.05, 0) is 46.3 Å². The maximum atomic E-state index is 12.7. The smallest absolute Gasteiger partial charge is 0.207 e. The van der Waals surface area contributed by atoms with Crippen LogP contribution in [0, 0.1) is 0 Å². The lowest BCUT2D eigenvalue weighted by Gasteiger charge is -2.32. The Morgan fingerprint density at radius 2 is 1.86 bits per heavy atom. The first-order valence-electron chi connectivity index (χ1n) is 7.38. The van der Waals surface area contributed by atoms with Gasteiger partial charge in [-0.25, -0.2) is 8.42 Å². The van der Waals surface area contributed by atoms with Crippen LogP contribution in [-0.4, -0.2) is 24.8 Å². The summed E-state index contributed by atoms with van der Waals surface area (Å²) in [7, 11) is -3.48. The normalized spacial score (nSPS) is 15.6. The van der Waals surface area contributed by atoms with E-state index in [-0.39, 0.29) is 12.1 Å². The van der Waals surface area contributed by atoms with Gasteiger partial charge in [-0.3, -0.25) is 0 Å². The third-order valence-corrected chi connectivity index (χ3v) is 5.84. The lowest BCUT2D eigenvalue weighted by atomic mass is 10.1. The number of nitrogens with zero attached hydrogens (tertiary/aromatic N) is 1. The van der Waals surface area contributed by atoms with Gasteiger partial charge in [0.2, 0.25) is 10.0 Å². The van der Waals surface area contributed by atoms with Gasteiger partial charge < -0.3 is 0 Å². The molecule has 0 aliphatic rings. The van der Waals surface area contributed by atoms with Crippen LogP contribution in [0.2, 0.25) is 0 Å². The Balaban J connectivity index is 5.43. The minimum absolute atomic E-state index is 0.0165. The molecule has 0 spiro atoms. The standard InChI is InChI=1S/C16H28ClNO2S/c1-7-9-10-14(5)18(13(3)4)21(19,20)15(6)11-12-16(17)8-2/h8,11-14H,2,7,9-10H2,1,3-6H3/b15-11+,16-12+. The second kappa shape index (κ2) is 9.44. The summed E-state index contributed by atoms with van der Waals surface area (Å²) in [5, 5.41) is 0.416. The third kappa shape index (κ3) is 6.37. The SMILES string of the molecule is C=C/C(Cl)=C\C=C(/C)S(=O)(=O)N(C(C)C)C(C)CCCC. The molecule has 0 aromatic carbocycles. The minimum atomic E-state index is -3.48. The van der Waals surface area contributed by atoms with Gasteiger partial charge in [-0.1, -0.05) is 44.0 Å². The molecule has 0 radical (unpaired) electrons. The molecule has 0 aromatic rings. The van der Waals surface area contributed by atoms with Crippen molar-refractivity contribution in [2.45, 2.75) is 66.0 Å². The van der Waals surface area contributed by atoms with Crippen molar-refractivity contribution in [2.24, 2.45) is 0 Å². The van der Waals surface area contributed by atoms with E-state index in [0.29, 0.717) is 9.94 Å². The zero-order chi connectivity index (χ0) is 16.6. The van der Waals surface area contributed by atoms with Crippen molar-refractivity contribution in [3.8, 4) is 0 Å². The van der Waals surface area contributed by atoms with Crippen LogP contribution in [0.1, 0.15) is 53.9 Å². The number of rotatable bonds is 9. The van der Waals surface area contributed by atoms with Crippen LogP contribution in [0.5, 0.6) is 0 Å². The average Bonchev–Trinajstić information content (AvgIpc) is 2.41. The summed E-state index contributed by atoms with van der Waals surface area (Å²) < 4.78 is 27.1. The molecule has 3 nitrogen and oxygen atoms in total. The van der Waals surface area contributed by atoms with Gasteiger partial charge in [0.25, 0.3) is 0 Å². The molecule has 0 amide bonds. The first-order chi connectivity index (χ1) is 9.68. The molecule has 0 bridgehead atoms. The van der Waals surface area contributed by atoms with Crippen LogP contribution in [0.25, 0.3) is 0 Å². The van der Waals surface area contributed by atoms with Gasteiger partial charge in [0.15, 0.2) is 0 Å². The predicted molar refractivity (Wildman–Crippen MR) is 92.8 cm³/mol. The van der Waals surface area contributed by atoms with Gasteiger partial charge in [-0.2, -0.15) is 4.31 Å². The largest absolute Gasteiger partial charge is 0.239 e. The fraction of sp³-hybridized carbons (Fsp3) is 0.625. The van der Waals surface area contributed by atoms with Crippen LogP contribution in [0.4, 0.5) is 0 Å². The fourth-order valence-corrected chi connectivity index (χ4v) is 3.94. The molecule has 21 heavy (non-hydrogen) atoms. The molecule has 0 heterocycles. The van der Waals surface area contributed by atoms with E-state index in [9.17, 15) is 8.42 Å². The Labute approximate surface area is 135 Å². The van der Waals surface area contributed by atoms with E-state index in [2.05, 4.69) is 13.5 Å². The summed E-state index contributed by atoms with van der Waals surface area (Å²) >= 11 is 5.82. The minimum Gasteiger partial charge on any atom is -0.207 e. The van der Waals surface area contributed by atoms with Crippen molar-refractivity contribution in [1.29, 1.82) is 0 Å². The Hall–Kier alpha value is -0.580. The second-order valence-corrected chi connectivity index (χ2v) is 7.91. The van der Waals surface area contributed by atoms with Crippen molar-refractivity contribution in [1.82, 2.24) is 4.31 Å². The zero-order valence-corrected chi connectivity index (χ0v) is 15.3. The van der Waals surface area contributed by atoms with Crippen LogP contribution < -0.4 is 0 Å². The van der Waals surface area contributed by atoms with Crippen molar-refractivity contribution in [2.75, 3.05) is 0 Å². The number of sulfonamides is 1. The third-order valence-electron chi connectivity index (χ3n) is 3.28. The lowest BCUT2D eigenvalue weighted by Crippen LogP contribution is -2.43. The van der Waals surface area contributed by atoms with Crippen molar-refractivity contribution < 1.29 is 8.42 Å². The van der Waals surface area contributed by atoms with E-state index >= 15 is 0 Å². The number of allylic oxidation sites excluding steroid dienone is 5. The highest BCUT2D eigenvalue weighted by Gasteiger charge is 2.30. The summed E-state index contributed by atoms with van der Waals surface area (Å²) in [6.07, 6.45) is 7.50. The molecular weight excluding hydrogens is 306 g/mol. The summed E-state index contributed by atoms with van der Waals surface area (Å²) in [5.41, 5.74) is 0. The molecule has 122 valence electrons. The highest BCUT2D eigenvalue weighted by atomic mass is 35.5. The first kappa shape index (κ1) is 20.4. The molecule has 0 aliphatic heterocycles. The lowest BCUT2D eigenvalue weighted by molar-refractivity contribution is 0.274. The van der Waals surface area contributed by atoms with Gasteiger partial charge in [0, 0.05) is 17.1 Å². The first-order valence-corrected chi connectivity index (χ1v) is 9.20. The maximum absolute atomic E-state index is 12.7. The highest BCUT2D eigenvalue weighted by molar-refractivity contribution is 7.93. The van der Waals surface area contributed by atoms with Crippen molar-refractivity contribution in [3.05, 3.63) is 34.7 Å². The molecule has 0 fully saturated rings. The molecule has 0 N–H and O–H groups in total. The highest BCUT2D eigenvalue weighted by Crippen LogP contribution is 2.22. The van der Waals surface area contributed by atoms with Crippen LogP contribution in [0.15, 0.2) is 34.7 Å². The topological polar surface area (TPSA) is 37.4 Å². The number of hydrogen-bond acceptors (Lipinski definition) is 2. The van der Waals surface area contributed by atoms with Gasteiger partial charge in [0.05, 0.1) is 4.91 Å². The predicted octanol–water partition coefficient (Wildman–Crippen LogP) is 4.82. The van der Waals surface area contributed by atoms with Crippen LogP contribution in [-0.2, 0) is 10.0 Å². The molecule has 1 unspecified atom stereocenters. The quantitative estimate of drug-likeness (QED) is 0.567. The zero-order valence-electron chi connectivity index (χ0n) is 13.8. The monoisotopic (exact) mass is 333 g/mol. The molecule has 0 saturated carbocycles. The molecule has 0 aliphatic carbocycles. The van der Waals surface area contributed by atoms with E-state index < -0.39 is 10.0 Å². The van der Waals surface area contributed by atoms with Crippen molar-refractivity contribution >= 4 is 21.6 Å². The fourth-order valence-electron chi connectivity index (χ4n) is 2.17.